The average molecular weight is 245 g/mol. The lowest BCUT2D eigenvalue weighted by Crippen LogP contribution is -2.29. The molecule has 0 radical (unpaired) electrons. The predicted octanol–water partition coefficient (Wildman–Crippen LogP) is 4.18. The van der Waals surface area contributed by atoms with Crippen molar-refractivity contribution < 1.29 is 0 Å². The molecular weight excluding hydrogens is 218 g/mol. The molecule has 1 aliphatic carbocycles. The van der Waals surface area contributed by atoms with E-state index in [0.717, 1.165) is 5.92 Å². The summed E-state index contributed by atoms with van der Waals surface area (Å²) in [6, 6.07) is 11.6. The third kappa shape index (κ3) is 4.45. The Morgan fingerprint density at radius 2 is 1.83 bits per heavy atom. The van der Waals surface area contributed by atoms with Crippen molar-refractivity contribution in [3.63, 3.8) is 0 Å². The second kappa shape index (κ2) is 7.58. The molecule has 2 rings (SSSR count). The fourth-order valence-electron chi connectivity index (χ4n) is 3.19. The second-order valence-electron chi connectivity index (χ2n) is 5.75. The van der Waals surface area contributed by atoms with E-state index in [1.165, 1.54) is 56.9 Å². The minimum Gasteiger partial charge on any atom is -0.317 e. The van der Waals surface area contributed by atoms with Crippen LogP contribution < -0.4 is 5.32 Å². The quantitative estimate of drug-likeness (QED) is 0.793. The molecule has 100 valence electrons. The van der Waals surface area contributed by atoms with Gasteiger partial charge in [-0.25, -0.2) is 0 Å². The van der Waals surface area contributed by atoms with Crippen molar-refractivity contribution in [2.45, 2.75) is 57.4 Å². The number of hydrogen-bond acceptors (Lipinski definition) is 1. The highest BCUT2D eigenvalue weighted by atomic mass is 14.9. The fourth-order valence-corrected chi connectivity index (χ4v) is 3.19. The maximum absolute atomic E-state index is 3.52. The molecule has 0 bridgehead atoms. The van der Waals surface area contributed by atoms with E-state index < -0.39 is 0 Å². The van der Waals surface area contributed by atoms with Crippen molar-refractivity contribution in [3.8, 4) is 0 Å². The first-order chi connectivity index (χ1) is 8.88. The van der Waals surface area contributed by atoms with Gasteiger partial charge in [-0.1, -0.05) is 62.4 Å². The highest BCUT2D eigenvalue weighted by Gasteiger charge is 2.17. The SMILES string of the molecule is CNC(CCc1ccccc1)CC1CCCCC1. The van der Waals surface area contributed by atoms with E-state index in [4.69, 9.17) is 0 Å². The van der Waals surface area contributed by atoms with Gasteiger partial charge < -0.3 is 5.32 Å². The molecule has 1 aromatic rings. The summed E-state index contributed by atoms with van der Waals surface area (Å²) in [7, 11) is 2.12. The second-order valence-corrected chi connectivity index (χ2v) is 5.75. The molecule has 1 aliphatic rings. The molecule has 0 spiro atoms. The number of rotatable bonds is 6. The summed E-state index contributed by atoms with van der Waals surface area (Å²) in [5.41, 5.74) is 1.47. The van der Waals surface area contributed by atoms with Crippen molar-refractivity contribution in [2.75, 3.05) is 7.05 Å². The molecule has 1 saturated carbocycles. The van der Waals surface area contributed by atoms with Gasteiger partial charge in [0.05, 0.1) is 0 Å². The molecule has 0 amide bonds. The smallest absolute Gasteiger partial charge is 0.00698 e. The molecule has 1 unspecified atom stereocenters. The summed E-state index contributed by atoms with van der Waals surface area (Å²) in [6.45, 7) is 0. The van der Waals surface area contributed by atoms with Crippen molar-refractivity contribution >= 4 is 0 Å². The van der Waals surface area contributed by atoms with Crippen molar-refractivity contribution in [2.24, 2.45) is 5.92 Å². The first-order valence-electron chi connectivity index (χ1n) is 7.59. The standard InChI is InChI=1S/C17H27N/c1-18-17(14-16-10-6-3-7-11-16)13-12-15-8-4-2-5-9-15/h2,4-5,8-9,16-18H,3,6-7,10-14H2,1H3. The Kier molecular flexibility index (Phi) is 5.73. The Bertz CT molecular complexity index is 314. The van der Waals surface area contributed by atoms with Gasteiger partial charge in [0.2, 0.25) is 0 Å². The topological polar surface area (TPSA) is 12.0 Å². The largest absolute Gasteiger partial charge is 0.317 e. The summed E-state index contributed by atoms with van der Waals surface area (Å²) >= 11 is 0. The first-order valence-corrected chi connectivity index (χ1v) is 7.59. The van der Waals surface area contributed by atoms with Gasteiger partial charge in [0.1, 0.15) is 0 Å². The molecule has 0 aromatic heterocycles. The highest BCUT2D eigenvalue weighted by Crippen LogP contribution is 2.28. The van der Waals surface area contributed by atoms with Crippen LogP contribution in [-0.4, -0.2) is 13.1 Å². The van der Waals surface area contributed by atoms with Crippen LogP contribution in [0, 0.1) is 5.92 Å². The summed E-state index contributed by atoms with van der Waals surface area (Å²) in [4.78, 5) is 0. The monoisotopic (exact) mass is 245 g/mol. The molecule has 0 aliphatic heterocycles. The van der Waals surface area contributed by atoms with Crippen LogP contribution in [0.25, 0.3) is 0 Å². The van der Waals surface area contributed by atoms with Gasteiger partial charge in [-0.05, 0) is 37.8 Å². The van der Waals surface area contributed by atoms with Gasteiger partial charge in [-0.2, -0.15) is 0 Å². The third-order valence-corrected chi connectivity index (χ3v) is 4.38. The van der Waals surface area contributed by atoms with Crippen LogP contribution in [0.3, 0.4) is 0 Å². The Balaban J connectivity index is 1.74. The Labute approximate surface area is 112 Å². The molecule has 1 N–H and O–H groups in total. The van der Waals surface area contributed by atoms with Gasteiger partial charge in [0, 0.05) is 6.04 Å². The van der Waals surface area contributed by atoms with Gasteiger partial charge >= 0.3 is 0 Å². The zero-order chi connectivity index (χ0) is 12.6. The molecule has 1 atom stereocenters. The lowest BCUT2D eigenvalue weighted by atomic mass is 9.84. The maximum atomic E-state index is 3.52. The van der Waals surface area contributed by atoms with E-state index in [2.05, 4.69) is 42.7 Å². The van der Waals surface area contributed by atoms with Crippen molar-refractivity contribution in [3.05, 3.63) is 35.9 Å². The molecule has 1 aromatic carbocycles. The molecule has 1 heteroatoms. The van der Waals surface area contributed by atoms with Crippen LogP contribution >= 0.6 is 0 Å². The molecule has 0 saturated heterocycles. The molecule has 18 heavy (non-hydrogen) atoms. The Morgan fingerprint density at radius 1 is 1.11 bits per heavy atom. The minimum atomic E-state index is 0.702. The third-order valence-electron chi connectivity index (χ3n) is 4.38. The van der Waals surface area contributed by atoms with Crippen LogP contribution in [0.5, 0.6) is 0 Å². The summed E-state index contributed by atoms with van der Waals surface area (Å²) in [5, 5.41) is 3.52. The zero-order valence-electron chi connectivity index (χ0n) is 11.7. The van der Waals surface area contributed by atoms with Gasteiger partial charge in [0.25, 0.3) is 0 Å². The van der Waals surface area contributed by atoms with Gasteiger partial charge in [-0.15, -0.1) is 0 Å². The van der Waals surface area contributed by atoms with Crippen LogP contribution in [0.15, 0.2) is 30.3 Å². The lowest BCUT2D eigenvalue weighted by Gasteiger charge is -2.26. The van der Waals surface area contributed by atoms with Crippen LogP contribution in [0.2, 0.25) is 0 Å². The van der Waals surface area contributed by atoms with E-state index in [1.54, 1.807) is 0 Å². The van der Waals surface area contributed by atoms with E-state index in [-0.39, 0.29) is 0 Å². The van der Waals surface area contributed by atoms with E-state index in [9.17, 15) is 0 Å². The summed E-state index contributed by atoms with van der Waals surface area (Å²) in [5.74, 6) is 0.979. The molecule has 1 fully saturated rings. The first kappa shape index (κ1) is 13.6. The van der Waals surface area contributed by atoms with Gasteiger partial charge in [-0.3, -0.25) is 0 Å². The number of nitrogens with one attached hydrogen (secondary N) is 1. The molecular formula is C17H27N. The fraction of sp³-hybridized carbons (Fsp3) is 0.647. The normalized spacial score (nSPS) is 18.7. The van der Waals surface area contributed by atoms with Crippen LogP contribution in [0.4, 0.5) is 0 Å². The molecule has 0 heterocycles. The van der Waals surface area contributed by atoms with Crippen LogP contribution in [-0.2, 0) is 6.42 Å². The Hall–Kier alpha value is -0.820. The van der Waals surface area contributed by atoms with Crippen molar-refractivity contribution in [1.82, 2.24) is 5.32 Å². The minimum absolute atomic E-state index is 0.702. The van der Waals surface area contributed by atoms with E-state index in [1.807, 2.05) is 0 Å². The summed E-state index contributed by atoms with van der Waals surface area (Å²) < 4.78 is 0. The van der Waals surface area contributed by atoms with E-state index >= 15 is 0 Å². The predicted molar refractivity (Wildman–Crippen MR) is 78.8 cm³/mol. The number of aryl methyl sites for hydroxylation is 1. The van der Waals surface area contributed by atoms with Gasteiger partial charge in [0.15, 0.2) is 0 Å². The number of benzene rings is 1. The zero-order valence-corrected chi connectivity index (χ0v) is 11.7. The highest BCUT2D eigenvalue weighted by molar-refractivity contribution is 5.14. The lowest BCUT2D eigenvalue weighted by molar-refractivity contribution is 0.297. The average Bonchev–Trinajstić information content (AvgIpc) is 2.45. The molecule has 1 nitrogen and oxygen atoms in total. The summed E-state index contributed by atoms with van der Waals surface area (Å²) in [6.07, 6.45) is 11.2. The van der Waals surface area contributed by atoms with E-state index in [0.29, 0.717) is 6.04 Å². The Morgan fingerprint density at radius 3 is 2.50 bits per heavy atom. The number of hydrogen-bond donors (Lipinski definition) is 1. The maximum Gasteiger partial charge on any atom is 0.00698 e. The van der Waals surface area contributed by atoms with Crippen LogP contribution in [0.1, 0.15) is 50.5 Å². The van der Waals surface area contributed by atoms with Crippen molar-refractivity contribution in [1.29, 1.82) is 0 Å².